The quantitative estimate of drug-likeness (QED) is 0.287. The largest absolute Gasteiger partial charge is 0.357 e. The van der Waals surface area contributed by atoms with Crippen LogP contribution in [0.25, 0.3) is 0 Å². The first-order valence-electron chi connectivity index (χ1n) is 10.8. The number of rotatable bonds is 8. The first-order valence-corrected chi connectivity index (χ1v) is 12.2. The minimum Gasteiger partial charge on any atom is -0.357 e. The number of nitrogens with one attached hydrogen (secondary N) is 2. The van der Waals surface area contributed by atoms with Crippen molar-refractivity contribution in [1.82, 2.24) is 14.9 Å². The van der Waals surface area contributed by atoms with Gasteiger partial charge in [0.2, 0.25) is 10.0 Å². The minimum atomic E-state index is -3.42. The molecule has 1 aliphatic rings. The Balaban J connectivity index is 0.00000363. The average molecular weight is 575 g/mol. The first-order chi connectivity index (χ1) is 15.0. The second-order valence-electron chi connectivity index (χ2n) is 7.68. The zero-order chi connectivity index (χ0) is 22.1. The molecule has 1 heterocycles. The minimum absolute atomic E-state index is 0. The Kier molecular flexibility index (Phi) is 10.9. The highest BCUT2D eigenvalue weighted by Gasteiger charge is 2.29. The molecule has 0 unspecified atom stereocenters. The first kappa shape index (κ1) is 26.5. The molecule has 2 aromatic carbocycles. The van der Waals surface area contributed by atoms with Gasteiger partial charge in [-0.25, -0.2) is 12.8 Å². The van der Waals surface area contributed by atoms with Crippen molar-refractivity contribution in [3.63, 3.8) is 0 Å². The van der Waals surface area contributed by atoms with Crippen LogP contribution in [-0.4, -0.2) is 51.4 Å². The van der Waals surface area contributed by atoms with Gasteiger partial charge in [0.25, 0.3) is 0 Å². The Morgan fingerprint density at radius 2 is 1.72 bits per heavy atom. The Labute approximate surface area is 207 Å². The predicted molar refractivity (Wildman–Crippen MR) is 137 cm³/mol. The van der Waals surface area contributed by atoms with Gasteiger partial charge < -0.3 is 10.6 Å². The van der Waals surface area contributed by atoms with Crippen LogP contribution in [-0.2, 0) is 16.4 Å². The number of benzene rings is 2. The summed E-state index contributed by atoms with van der Waals surface area (Å²) in [6.07, 6.45) is 2.37. The third kappa shape index (κ3) is 7.70. The van der Waals surface area contributed by atoms with E-state index in [1.54, 1.807) is 40.7 Å². The monoisotopic (exact) mass is 574 g/mol. The number of nitrogens with zero attached hydrogens (tertiary/aromatic N) is 2. The van der Waals surface area contributed by atoms with Gasteiger partial charge in [0.15, 0.2) is 5.96 Å². The highest BCUT2D eigenvalue weighted by molar-refractivity contribution is 14.0. The van der Waals surface area contributed by atoms with Gasteiger partial charge in [-0.15, -0.1) is 24.0 Å². The number of aliphatic imine (C=N–C) groups is 1. The van der Waals surface area contributed by atoms with Gasteiger partial charge in [-0.3, -0.25) is 4.99 Å². The lowest BCUT2D eigenvalue weighted by atomic mass is 9.98. The molecule has 6 nitrogen and oxygen atoms in total. The summed E-state index contributed by atoms with van der Waals surface area (Å²) in [7, 11) is -3.42. The van der Waals surface area contributed by atoms with Crippen molar-refractivity contribution >= 4 is 40.0 Å². The second-order valence-corrected chi connectivity index (χ2v) is 9.62. The molecule has 0 spiro atoms. The number of sulfonamides is 1. The molecule has 2 aromatic rings. The maximum Gasteiger partial charge on any atom is 0.243 e. The normalized spacial score (nSPS) is 15.8. The Bertz CT molecular complexity index is 948. The Morgan fingerprint density at radius 1 is 1.06 bits per heavy atom. The molecule has 3 rings (SSSR count). The number of hydrogen-bond donors (Lipinski definition) is 2. The summed E-state index contributed by atoms with van der Waals surface area (Å²) >= 11 is 0. The van der Waals surface area contributed by atoms with Crippen LogP contribution in [0.3, 0.4) is 0 Å². The number of halogens is 2. The van der Waals surface area contributed by atoms with E-state index < -0.39 is 10.0 Å². The fourth-order valence-electron chi connectivity index (χ4n) is 3.61. The molecule has 176 valence electrons. The molecule has 9 heteroatoms. The molecule has 2 N–H and O–H groups in total. The van der Waals surface area contributed by atoms with Crippen LogP contribution in [0.2, 0.25) is 0 Å². The van der Waals surface area contributed by atoms with Gasteiger partial charge in [-0.2, -0.15) is 4.31 Å². The molecular formula is C23H32FIN4O2S. The van der Waals surface area contributed by atoms with Gasteiger partial charge in [0, 0.05) is 32.7 Å². The van der Waals surface area contributed by atoms with Gasteiger partial charge >= 0.3 is 0 Å². The van der Waals surface area contributed by atoms with Gasteiger partial charge in [0.05, 0.1) is 4.90 Å². The fourth-order valence-corrected chi connectivity index (χ4v) is 5.10. The zero-order valence-electron chi connectivity index (χ0n) is 18.3. The lowest BCUT2D eigenvalue weighted by molar-refractivity contribution is 0.278. The number of hydrogen-bond acceptors (Lipinski definition) is 3. The molecule has 1 saturated heterocycles. The van der Waals surface area contributed by atoms with Crippen LogP contribution in [0.5, 0.6) is 0 Å². The van der Waals surface area contributed by atoms with Crippen LogP contribution >= 0.6 is 24.0 Å². The van der Waals surface area contributed by atoms with E-state index in [2.05, 4.69) is 10.6 Å². The van der Waals surface area contributed by atoms with Crippen LogP contribution in [0.15, 0.2) is 64.5 Å². The van der Waals surface area contributed by atoms with Gasteiger partial charge in [-0.1, -0.05) is 30.3 Å². The molecule has 0 aromatic heterocycles. The van der Waals surface area contributed by atoms with E-state index in [4.69, 9.17) is 4.99 Å². The molecule has 0 atom stereocenters. The summed E-state index contributed by atoms with van der Waals surface area (Å²) in [6, 6.07) is 15.1. The van der Waals surface area contributed by atoms with Crippen molar-refractivity contribution in [3.8, 4) is 0 Å². The molecule has 1 aliphatic heterocycles. The smallest absolute Gasteiger partial charge is 0.243 e. The SMILES string of the molecule is CCNC(=NCC1CCN(S(=O)(=O)c2ccccc2)CC1)NCCc1ccc(F)cc1.I. The van der Waals surface area contributed by atoms with E-state index in [9.17, 15) is 12.8 Å². The van der Waals surface area contributed by atoms with Crippen LogP contribution in [0, 0.1) is 11.7 Å². The van der Waals surface area contributed by atoms with Gasteiger partial charge in [0.1, 0.15) is 5.82 Å². The molecule has 0 amide bonds. The van der Waals surface area contributed by atoms with E-state index >= 15 is 0 Å². The molecular weight excluding hydrogens is 542 g/mol. The fraction of sp³-hybridized carbons (Fsp3) is 0.435. The summed E-state index contributed by atoms with van der Waals surface area (Å²) in [6.45, 7) is 5.18. The standard InChI is InChI=1S/C23H31FN4O2S.HI/c1-2-25-23(26-15-12-19-8-10-21(24)11-9-19)27-18-20-13-16-28(17-14-20)31(29,30)22-6-4-3-5-7-22;/h3-11,20H,2,12-18H2,1H3,(H2,25,26,27);1H. The number of guanidine groups is 1. The Hall–Kier alpha value is -1.72. The van der Waals surface area contributed by atoms with Crippen LogP contribution < -0.4 is 10.6 Å². The highest BCUT2D eigenvalue weighted by atomic mass is 127. The maximum atomic E-state index is 13.0. The van der Waals surface area contributed by atoms with Crippen molar-refractivity contribution < 1.29 is 12.8 Å². The van der Waals surface area contributed by atoms with Crippen LogP contribution in [0.1, 0.15) is 25.3 Å². The van der Waals surface area contributed by atoms with E-state index in [1.165, 1.54) is 12.1 Å². The predicted octanol–water partition coefficient (Wildman–Crippen LogP) is 3.64. The molecule has 0 aliphatic carbocycles. The summed E-state index contributed by atoms with van der Waals surface area (Å²) in [5.41, 5.74) is 1.07. The number of piperidine rings is 1. The summed E-state index contributed by atoms with van der Waals surface area (Å²) in [4.78, 5) is 5.05. The second kappa shape index (κ2) is 13.1. The zero-order valence-corrected chi connectivity index (χ0v) is 21.5. The van der Waals surface area contributed by atoms with E-state index in [0.717, 1.165) is 37.3 Å². The molecule has 0 radical (unpaired) electrons. The van der Waals surface area contributed by atoms with Crippen molar-refractivity contribution in [1.29, 1.82) is 0 Å². The third-order valence-corrected chi connectivity index (χ3v) is 7.34. The van der Waals surface area contributed by atoms with Crippen LogP contribution in [0.4, 0.5) is 4.39 Å². The topological polar surface area (TPSA) is 73.8 Å². The van der Waals surface area contributed by atoms with E-state index in [1.807, 2.05) is 13.0 Å². The average Bonchev–Trinajstić information content (AvgIpc) is 2.79. The van der Waals surface area contributed by atoms with E-state index in [-0.39, 0.29) is 29.8 Å². The molecule has 1 fully saturated rings. The van der Waals surface area contributed by atoms with Gasteiger partial charge in [-0.05, 0) is 61.9 Å². The molecule has 32 heavy (non-hydrogen) atoms. The summed E-state index contributed by atoms with van der Waals surface area (Å²) in [5, 5.41) is 6.56. The summed E-state index contributed by atoms with van der Waals surface area (Å²) in [5.74, 6) is 0.882. The summed E-state index contributed by atoms with van der Waals surface area (Å²) < 4.78 is 40.1. The maximum absolute atomic E-state index is 13.0. The lowest BCUT2D eigenvalue weighted by Gasteiger charge is -2.30. The van der Waals surface area contributed by atoms with Crippen molar-refractivity contribution in [2.75, 3.05) is 32.7 Å². The highest BCUT2D eigenvalue weighted by Crippen LogP contribution is 2.23. The molecule has 0 bridgehead atoms. The van der Waals surface area contributed by atoms with Crippen molar-refractivity contribution in [3.05, 3.63) is 66.0 Å². The Morgan fingerprint density at radius 3 is 2.34 bits per heavy atom. The van der Waals surface area contributed by atoms with Crippen molar-refractivity contribution in [2.45, 2.75) is 31.1 Å². The third-order valence-electron chi connectivity index (χ3n) is 5.43. The van der Waals surface area contributed by atoms with Crippen molar-refractivity contribution in [2.24, 2.45) is 10.9 Å². The van der Waals surface area contributed by atoms with E-state index in [0.29, 0.717) is 37.0 Å². The lowest BCUT2D eigenvalue weighted by Crippen LogP contribution is -2.40. The molecule has 0 saturated carbocycles.